The average Bonchev–Trinajstić information content (AvgIpc) is 3.47. The van der Waals surface area contributed by atoms with Crippen LogP contribution in [0.5, 0.6) is 5.75 Å². The van der Waals surface area contributed by atoms with E-state index in [9.17, 15) is 9.59 Å². The lowest BCUT2D eigenvalue weighted by Crippen LogP contribution is -2.20. The molecule has 5 rings (SSSR count). The van der Waals surface area contributed by atoms with Gasteiger partial charge in [-0.25, -0.2) is 10.4 Å². The monoisotopic (exact) mass is 629 g/mol. The third kappa shape index (κ3) is 8.42. The normalized spacial score (nSPS) is 10.9. The van der Waals surface area contributed by atoms with Gasteiger partial charge in [0.25, 0.3) is 11.8 Å². The van der Waals surface area contributed by atoms with Gasteiger partial charge in [0.05, 0.1) is 16.9 Å². The summed E-state index contributed by atoms with van der Waals surface area (Å²) >= 11 is 13.7. The van der Waals surface area contributed by atoms with Crippen molar-refractivity contribution in [3.05, 3.63) is 123 Å². The molecule has 2 amide bonds. The minimum atomic E-state index is -0.361. The van der Waals surface area contributed by atoms with E-state index in [4.69, 9.17) is 27.9 Å². The number of aromatic nitrogens is 1. The third-order valence-corrected chi connectivity index (χ3v) is 7.38. The highest BCUT2D eigenvalue weighted by molar-refractivity contribution is 7.14. The predicted octanol–water partition coefficient (Wildman–Crippen LogP) is 7.95. The molecule has 3 N–H and O–H groups in total. The summed E-state index contributed by atoms with van der Waals surface area (Å²) in [4.78, 5) is 29.4. The molecule has 216 valence electrons. The highest BCUT2D eigenvalue weighted by Gasteiger charge is 2.10. The van der Waals surface area contributed by atoms with Gasteiger partial charge in [-0.15, -0.1) is 11.3 Å². The van der Waals surface area contributed by atoms with Gasteiger partial charge in [0, 0.05) is 32.9 Å². The zero-order valence-electron chi connectivity index (χ0n) is 22.8. The lowest BCUT2D eigenvalue weighted by molar-refractivity contribution is -0.118. The van der Waals surface area contributed by atoms with Crippen LogP contribution < -0.4 is 20.8 Å². The molecule has 8 nitrogen and oxygen atoms in total. The van der Waals surface area contributed by atoms with E-state index in [1.54, 1.807) is 54.6 Å². The maximum Gasteiger partial charge on any atom is 0.271 e. The summed E-state index contributed by atoms with van der Waals surface area (Å²) in [6.07, 6.45) is 1.47. The molecule has 0 unspecified atom stereocenters. The Labute approximate surface area is 262 Å². The molecule has 0 aliphatic rings. The minimum absolute atomic E-state index is 0.224. The third-order valence-electron chi connectivity index (χ3n) is 6.07. The molecule has 0 spiro atoms. The first kappa shape index (κ1) is 29.8. The van der Waals surface area contributed by atoms with E-state index in [1.165, 1.54) is 23.1 Å². The van der Waals surface area contributed by atoms with Crippen molar-refractivity contribution in [2.45, 2.75) is 6.92 Å². The highest BCUT2D eigenvalue weighted by Crippen LogP contribution is 2.28. The number of thiazole rings is 1. The van der Waals surface area contributed by atoms with Crippen molar-refractivity contribution in [1.29, 1.82) is 0 Å². The van der Waals surface area contributed by atoms with Gasteiger partial charge in [0.1, 0.15) is 5.75 Å². The second-order valence-corrected chi connectivity index (χ2v) is 11.0. The lowest BCUT2D eigenvalue weighted by atomic mass is 10.1. The molecular weight excluding hydrogens is 605 g/mol. The number of hydrogen-bond donors (Lipinski definition) is 3. The van der Waals surface area contributed by atoms with E-state index >= 15 is 0 Å². The number of rotatable bonds is 10. The molecule has 43 heavy (non-hydrogen) atoms. The molecular formula is C32H25Cl2N5O3S. The van der Waals surface area contributed by atoms with Gasteiger partial charge in [0.15, 0.2) is 11.7 Å². The average molecular weight is 631 g/mol. The number of aryl methyl sites for hydroxylation is 1. The van der Waals surface area contributed by atoms with Gasteiger partial charge in [-0.05, 0) is 79.2 Å². The Balaban J connectivity index is 1.10. The van der Waals surface area contributed by atoms with Crippen LogP contribution in [0.4, 0.5) is 16.5 Å². The van der Waals surface area contributed by atoms with Crippen LogP contribution in [0.3, 0.4) is 0 Å². The van der Waals surface area contributed by atoms with Gasteiger partial charge >= 0.3 is 0 Å². The first-order chi connectivity index (χ1) is 20.8. The van der Waals surface area contributed by atoms with Crippen LogP contribution in [0.25, 0.3) is 11.3 Å². The van der Waals surface area contributed by atoms with Crippen molar-refractivity contribution >= 4 is 69.1 Å². The number of hydrazone groups is 1. The van der Waals surface area contributed by atoms with Crippen molar-refractivity contribution < 1.29 is 14.3 Å². The van der Waals surface area contributed by atoms with E-state index in [1.807, 2.05) is 48.7 Å². The van der Waals surface area contributed by atoms with Crippen molar-refractivity contribution in [2.24, 2.45) is 5.10 Å². The molecule has 11 heteroatoms. The number of ether oxygens (including phenoxy) is 1. The summed E-state index contributed by atoms with van der Waals surface area (Å²) in [5, 5.41) is 13.7. The number of carbonyl (C=O) groups is 2. The van der Waals surface area contributed by atoms with Crippen molar-refractivity contribution in [3.8, 4) is 17.0 Å². The standard InChI is InChI=1S/C32H25Cl2N5O3S/c1-20-2-11-26(12-3-20)37-32-38-28(19-43-32)22-5-7-23(8-6-22)31(41)39-35-17-21-4-15-29(27(34)16-21)42-18-30(40)36-25-13-9-24(33)10-14-25/h2-17,19H,18H2,1H3,(H,36,40)(H,37,38)(H,39,41)/b35-17+. The summed E-state index contributed by atoms with van der Waals surface area (Å²) in [7, 11) is 0. The molecule has 0 fully saturated rings. The Kier molecular flexibility index (Phi) is 9.68. The topological polar surface area (TPSA) is 105 Å². The zero-order chi connectivity index (χ0) is 30.2. The summed E-state index contributed by atoms with van der Waals surface area (Å²) in [6.45, 7) is 1.82. The number of nitrogens with one attached hydrogen (secondary N) is 3. The fourth-order valence-corrected chi connectivity index (χ4v) is 4.94. The fourth-order valence-electron chi connectivity index (χ4n) is 3.83. The molecule has 0 saturated carbocycles. The molecule has 0 aliphatic carbocycles. The van der Waals surface area contributed by atoms with Crippen molar-refractivity contribution in [3.63, 3.8) is 0 Å². The minimum Gasteiger partial charge on any atom is -0.482 e. The number of nitrogens with zero attached hydrogens (tertiary/aromatic N) is 2. The van der Waals surface area contributed by atoms with Crippen LogP contribution in [-0.4, -0.2) is 29.6 Å². The Hall–Kier alpha value is -4.70. The fraction of sp³-hybridized carbons (Fsp3) is 0.0625. The number of halogens is 2. The van der Waals surface area contributed by atoms with E-state index in [0.717, 1.165) is 22.1 Å². The van der Waals surface area contributed by atoms with Crippen molar-refractivity contribution in [2.75, 3.05) is 17.2 Å². The maximum atomic E-state index is 12.6. The Morgan fingerprint density at radius 3 is 2.37 bits per heavy atom. The first-order valence-corrected chi connectivity index (χ1v) is 14.7. The number of amides is 2. The predicted molar refractivity (Wildman–Crippen MR) is 174 cm³/mol. The summed E-state index contributed by atoms with van der Waals surface area (Å²) < 4.78 is 5.53. The van der Waals surface area contributed by atoms with Gasteiger partial charge in [-0.3, -0.25) is 9.59 Å². The Morgan fingerprint density at radius 2 is 1.65 bits per heavy atom. The van der Waals surface area contributed by atoms with E-state index in [0.29, 0.717) is 32.6 Å². The van der Waals surface area contributed by atoms with E-state index in [-0.39, 0.29) is 18.4 Å². The van der Waals surface area contributed by atoms with Gasteiger partial charge < -0.3 is 15.4 Å². The molecule has 4 aromatic carbocycles. The maximum absolute atomic E-state index is 12.6. The molecule has 0 saturated heterocycles. The summed E-state index contributed by atoms with van der Waals surface area (Å²) in [5.74, 6) is -0.362. The number of benzene rings is 4. The van der Waals surface area contributed by atoms with Crippen LogP contribution in [0.2, 0.25) is 10.0 Å². The van der Waals surface area contributed by atoms with Crippen LogP contribution in [0.1, 0.15) is 21.5 Å². The molecule has 0 aliphatic heterocycles. The molecule has 0 bridgehead atoms. The summed E-state index contributed by atoms with van der Waals surface area (Å²) in [5.41, 5.74) is 8.09. The zero-order valence-corrected chi connectivity index (χ0v) is 25.1. The smallest absolute Gasteiger partial charge is 0.271 e. The number of hydrogen-bond acceptors (Lipinski definition) is 7. The quantitative estimate of drug-likeness (QED) is 0.107. The van der Waals surface area contributed by atoms with Crippen LogP contribution in [0, 0.1) is 6.92 Å². The van der Waals surface area contributed by atoms with Crippen molar-refractivity contribution in [1.82, 2.24) is 10.4 Å². The highest BCUT2D eigenvalue weighted by atomic mass is 35.5. The molecule has 1 heterocycles. The van der Waals surface area contributed by atoms with Gasteiger partial charge in [-0.1, -0.05) is 53.0 Å². The SMILES string of the molecule is Cc1ccc(Nc2nc(-c3ccc(C(=O)N/N=C/c4ccc(OCC(=O)Nc5ccc(Cl)cc5)c(Cl)c4)cc3)cs2)cc1. The number of anilines is 3. The first-order valence-electron chi connectivity index (χ1n) is 13.0. The molecule has 0 radical (unpaired) electrons. The van der Waals surface area contributed by atoms with Gasteiger partial charge in [-0.2, -0.15) is 5.10 Å². The number of carbonyl (C=O) groups excluding carboxylic acids is 2. The van der Waals surface area contributed by atoms with Crippen LogP contribution in [-0.2, 0) is 4.79 Å². The Morgan fingerprint density at radius 1 is 0.930 bits per heavy atom. The second kappa shape index (κ2) is 14.0. The summed E-state index contributed by atoms with van der Waals surface area (Å²) in [6, 6.07) is 26.9. The molecule has 1 aromatic heterocycles. The van der Waals surface area contributed by atoms with Crippen LogP contribution >= 0.6 is 34.5 Å². The largest absolute Gasteiger partial charge is 0.482 e. The van der Waals surface area contributed by atoms with E-state index < -0.39 is 0 Å². The molecule has 0 atom stereocenters. The van der Waals surface area contributed by atoms with E-state index in [2.05, 4.69) is 26.1 Å². The van der Waals surface area contributed by atoms with Crippen LogP contribution in [0.15, 0.2) is 101 Å². The molecule has 5 aromatic rings. The second-order valence-electron chi connectivity index (χ2n) is 9.34. The Bertz CT molecular complexity index is 1760. The van der Waals surface area contributed by atoms with Gasteiger partial charge in [0.2, 0.25) is 0 Å². The lowest BCUT2D eigenvalue weighted by Gasteiger charge is -2.09.